The number of hydrogen-bond acceptors (Lipinski definition) is 1. The quantitative estimate of drug-likeness (QED) is 0.828. The average Bonchev–Trinajstić information content (AvgIpc) is 3.04. The molecule has 1 aromatic rings. The van der Waals surface area contributed by atoms with Crippen molar-refractivity contribution >= 4 is 11.6 Å². The van der Waals surface area contributed by atoms with Crippen LogP contribution < -0.4 is 5.32 Å². The summed E-state index contributed by atoms with van der Waals surface area (Å²) in [6.07, 6.45) is 5.42. The first-order valence-electron chi connectivity index (χ1n) is 6.20. The first kappa shape index (κ1) is 10.6. The molecule has 1 nitrogen and oxygen atoms in total. The predicted octanol–water partition coefficient (Wildman–Crippen LogP) is 3.47. The number of halogens is 1. The Morgan fingerprint density at radius 3 is 2.88 bits per heavy atom. The van der Waals surface area contributed by atoms with Crippen LogP contribution >= 0.6 is 11.6 Å². The molecule has 0 radical (unpaired) electrons. The highest BCUT2D eigenvalue weighted by molar-refractivity contribution is 6.30. The fourth-order valence-corrected chi connectivity index (χ4v) is 3.39. The Kier molecular flexibility index (Phi) is 2.49. The predicted molar refractivity (Wildman–Crippen MR) is 68.3 cm³/mol. The molecule has 0 aliphatic heterocycles. The van der Waals surface area contributed by atoms with Gasteiger partial charge in [-0.1, -0.05) is 17.7 Å². The van der Waals surface area contributed by atoms with Crippen molar-refractivity contribution in [3.8, 4) is 0 Å². The van der Waals surface area contributed by atoms with Crippen LogP contribution in [0.4, 0.5) is 0 Å². The minimum Gasteiger partial charge on any atom is -0.319 e. The molecule has 0 heterocycles. The zero-order valence-electron chi connectivity index (χ0n) is 9.72. The van der Waals surface area contributed by atoms with Crippen molar-refractivity contribution in [3.05, 3.63) is 34.3 Å². The van der Waals surface area contributed by atoms with Crippen molar-refractivity contribution < 1.29 is 0 Å². The highest BCUT2D eigenvalue weighted by Crippen LogP contribution is 2.57. The van der Waals surface area contributed by atoms with E-state index in [1.54, 1.807) is 11.1 Å². The molecule has 2 heteroatoms. The zero-order valence-corrected chi connectivity index (χ0v) is 10.5. The molecule has 0 aromatic heterocycles. The van der Waals surface area contributed by atoms with E-state index in [0.717, 1.165) is 11.6 Å². The van der Waals surface area contributed by atoms with Crippen LogP contribution in [0.1, 0.15) is 42.7 Å². The highest BCUT2D eigenvalue weighted by Gasteiger charge is 2.48. The minimum atomic E-state index is 0.518. The van der Waals surface area contributed by atoms with Crippen molar-refractivity contribution in [2.24, 2.45) is 0 Å². The first-order chi connectivity index (χ1) is 7.75. The van der Waals surface area contributed by atoms with Crippen molar-refractivity contribution in [2.45, 2.75) is 37.0 Å². The Morgan fingerprint density at radius 1 is 1.38 bits per heavy atom. The van der Waals surface area contributed by atoms with E-state index in [9.17, 15) is 0 Å². The number of rotatable bonds is 2. The van der Waals surface area contributed by atoms with Crippen LogP contribution in [-0.4, -0.2) is 13.6 Å². The molecule has 1 fully saturated rings. The van der Waals surface area contributed by atoms with Crippen molar-refractivity contribution in [2.75, 3.05) is 13.6 Å². The molecule has 16 heavy (non-hydrogen) atoms. The van der Waals surface area contributed by atoms with E-state index >= 15 is 0 Å². The maximum Gasteiger partial charge on any atom is 0.0409 e. The topological polar surface area (TPSA) is 12.0 Å². The summed E-state index contributed by atoms with van der Waals surface area (Å²) in [6, 6.07) is 6.51. The van der Waals surface area contributed by atoms with Crippen molar-refractivity contribution in [1.82, 2.24) is 5.32 Å². The second-order valence-corrected chi connectivity index (χ2v) is 5.74. The van der Waals surface area contributed by atoms with E-state index in [2.05, 4.69) is 17.4 Å². The molecular weight excluding hydrogens is 218 g/mol. The lowest BCUT2D eigenvalue weighted by atomic mass is 9.74. The molecule has 1 aromatic carbocycles. The summed E-state index contributed by atoms with van der Waals surface area (Å²) >= 11 is 6.14. The molecule has 3 rings (SSSR count). The number of hydrogen-bond donors (Lipinski definition) is 1. The molecule has 0 saturated heterocycles. The van der Waals surface area contributed by atoms with Crippen molar-refractivity contribution in [3.63, 3.8) is 0 Å². The Balaban J connectivity index is 2.03. The summed E-state index contributed by atoms with van der Waals surface area (Å²) in [4.78, 5) is 0. The van der Waals surface area contributed by atoms with Gasteiger partial charge in [0.05, 0.1) is 0 Å². The Morgan fingerprint density at radius 2 is 2.19 bits per heavy atom. The van der Waals surface area contributed by atoms with Gasteiger partial charge in [0.25, 0.3) is 0 Å². The number of likely N-dealkylation sites (N-methyl/N-ethyl adjacent to an activating group) is 1. The van der Waals surface area contributed by atoms with Gasteiger partial charge in [0.1, 0.15) is 0 Å². The van der Waals surface area contributed by atoms with Crippen LogP contribution in [0.3, 0.4) is 0 Å². The van der Waals surface area contributed by atoms with Crippen LogP contribution in [0.25, 0.3) is 0 Å². The molecule has 1 N–H and O–H groups in total. The van der Waals surface area contributed by atoms with E-state index < -0.39 is 0 Å². The van der Waals surface area contributed by atoms with Crippen LogP contribution in [0.5, 0.6) is 0 Å². The normalized spacial score (nSPS) is 25.5. The van der Waals surface area contributed by atoms with Crippen LogP contribution in [0.2, 0.25) is 5.02 Å². The average molecular weight is 236 g/mol. The second-order valence-electron chi connectivity index (χ2n) is 5.31. The Labute approximate surface area is 102 Å². The molecule has 86 valence electrons. The van der Waals surface area contributed by atoms with Gasteiger partial charge in [0, 0.05) is 11.6 Å². The first-order valence-corrected chi connectivity index (χ1v) is 6.57. The number of nitrogens with one attached hydrogen (secondary N) is 1. The highest BCUT2D eigenvalue weighted by atomic mass is 35.5. The molecule has 1 spiro atoms. The standard InChI is InChI=1S/C14H18ClN/c1-16-9-10-4-5-14(6-7-14)13-8-11(15)2-3-12(10)13/h2-3,8,10,16H,4-7,9H2,1H3. The van der Waals surface area contributed by atoms with Gasteiger partial charge in [-0.2, -0.15) is 0 Å². The van der Waals surface area contributed by atoms with Crippen LogP contribution in [0, 0.1) is 0 Å². The van der Waals surface area contributed by atoms with Gasteiger partial charge in [-0.25, -0.2) is 0 Å². The molecule has 0 bridgehead atoms. The monoisotopic (exact) mass is 235 g/mol. The molecule has 1 saturated carbocycles. The fraction of sp³-hybridized carbons (Fsp3) is 0.571. The molecule has 2 aliphatic carbocycles. The van der Waals surface area contributed by atoms with Gasteiger partial charge in [0.2, 0.25) is 0 Å². The van der Waals surface area contributed by atoms with E-state index in [0.29, 0.717) is 11.3 Å². The third kappa shape index (κ3) is 1.57. The van der Waals surface area contributed by atoms with E-state index in [1.807, 2.05) is 13.1 Å². The van der Waals surface area contributed by atoms with Gasteiger partial charge in [-0.15, -0.1) is 0 Å². The molecule has 1 atom stereocenters. The molecule has 1 unspecified atom stereocenters. The summed E-state index contributed by atoms with van der Waals surface area (Å²) in [7, 11) is 2.04. The number of fused-ring (bicyclic) bond motifs is 2. The molecular formula is C14H18ClN. The lowest BCUT2D eigenvalue weighted by Crippen LogP contribution is -2.26. The fourth-order valence-electron chi connectivity index (χ4n) is 3.21. The van der Waals surface area contributed by atoms with Gasteiger partial charge in [0.15, 0.2) is 0 Å². The summed E-state index contributed by atoms with van der Waals surface area (Å²) in [5, 5.41) is 4.21. The third-order valence-corrected chi connectivity index (χ3v) is 4.54. The SMILES string of the molecule is CNCC1CCC2(CC2)c2cc(Cl)ccc21. The maximum atomic E-state index is 6.14. The Bertz CT molecular complexity index is 409. The van der Waals surface area contributed by atoms with Crippen LogP contribution in [-0.2, 0) is 5.41 Å². The van der Waals surface area contributed by atoms with Crippen molar-refractivity contribution in [1.29, 1.82) is 0 Å². The molecule has 0 amide bonds. The smallest absolute Gasteiger partial charge is 0.0409 e. The zero-order chi connectivity index (χ0) is 11.2. The van der Waals surface area contributed by atoms with Gasteiger partial charge >= 0.3 is 0 Å². The van der Waals surface area contributed by atoms with Gasteiger partial charge < -0.3 is 5.32 Å². The lowest BCUT2D eigenvalue weighted by molar-refractivity contribution is 0.459. The minimum absolute atomic E-state index is 0.518. The maximum absolute atomic E-state index is 6.14. The Hall–Kier alpha value is -0.530. The lowest BCUT2D eigenvalue weighted by Gasteiger charge is -2.32. The largest absolute Gasteiger partial charge is 0.319 e. The number of benzene rings is 1. The van der Waals surface area contributed by atoms with E-state index in [1.165, 1.54) is 25.7 Å². The molecule has 2 aliphatic rings. The van der Waals surface area contributed by atoms with E-state index in [4.69, 9.17) is 11.6 Å². The summed E-state index contributed by atoms with van der Waals surface area (Å²) in [5.41, 5.74) is 3.61. The summed E-state index contributed by atoms with van der Waals surface area (Å²) in [5.74, 6) is 0.684. The van der Waals surface area contributed by atoms with E-state index in [-0.39, 0.29) is 0 Å². The van der Waals surface area contributed by atoms with Crippen LogP contribution in [0.15, 0.2) is 18.2 Å². The van der Waals surface area contributed by atoms with Gasteiger partial charge in [-0.3, -0.25) is 0 Å². The van der Waals surface area contributed by atoms with Gasteiger partial charge in [-0.05, 0) is 67.3 Å². The second kappa shape index (κ2) is 3.75. The third-order valence-electron chi connectivity index (χ3n) is 4.30. The summed E-state index contributed by atoms with van der Waals surface area (Å²) < 4.78 is 0. The summed E-state index contributed by atoms with van der Waals surface area (Å²) in [6.45, 7) is 1.09.